The summed E-state index contributed by atoms with van der Waals surface area (Å²) in [4.78, 5) is 8.81. The Balaban J connectivity index is 0. The molecule has 1 heterocycles. The Labute approximate surface area is 63.6 Å². The first-order valence-electron chi connectivity index (χ1n) is 3.89. The van der Waals surface area contributed by atoms with Gasteiger partial charge in [-0.3, -0.25) is 0 Å². The Hall–Kier alpha value is -0.370. The third-order valence-corrected chi connectivity index (χ3v) is 0.827. The standard InChI is InChI=1S/C4H8O.C2H4O.C2H6/c1-2-4-5-3-1;1-2-3;1-2/h1-4H2;2H,1H3;1-2H3. The summed E-state index contributed by atoms with van der Waals surface area (Å²) >= 11 is 0. The Morgan fingerprint density at radius 2 is 1.50 bits per heavy atom. The second-order valence-electron chi connectivity index (χ2n) is 1.56. The molecule has 0 aliphatic carbocycles. The molecule has 0 unspecified atom stereocenters. The zero-order chi connectivity index (χ0) is 8.24. The zero-order valence-corrected chi connectivity index (χ0v) is 7.22. The second-order valence-corrected chi connectivity index (χ2v) is 1.56. The normalized spacial score (nSPS) is 13.9. The van der Waals surface area contributed by atoms with E-state index in [9.17, 15) is 0 Å². The van der Waals surface area contributed by atoms with E-state index >= 15 is 0 Å². The molecule has 0 aromatic heterocycles. The molecule has 62 valence electrons. The molecule has 0 atom stereocenters. The molecule has 10 heavy (non-hydrogen) atoms. The summed E-state index contributed by atoms with van der Waals surface area (Å²) in [6.45, 7) is 7.44. The smallest absolute Gasteiger partial charge is 0.116 e. The van der Waals surface area contributed by atoms with Gasteiger partial charge in [0.25, 0.3) is 0 Å². The zero-order valence-electron chi connectivity index (χ0n) is 7.22. The molecule has 0 saturated carbocycles. The molecule has 0 bridgehead atoms. The number of hydrogen-bond acceptors (Lipinski definition) is 2. The maximum absolute atomic E-state index is 8.81. The van der Waals surface area contributed by atoms with E-state index < -0.39 is 0 Å². The third kappa shape index (κ3) is 15.6. The average molecular weight is 146 g/mol. The van der Waals surface area contributed by atoms with E-state index in [0.29, 0.717) is 0 Å². The monoisotopic (exact) mass is 146 g/mol. The highest BCUT2D eigenvalue weighted by Gasteiger charge is 1.94. The molecule has 1 aliphatic rings. The van der Waals surface area contributed by atoms with Crippen molar-refractivity contribution in [3.05, 3.63) is 0 Å². The number of rotatable bonds is 0. The minimum Gasteiger partial charge on any atom is -0.381 e. The second kappa shape index (κ2) is 15.9. The van der Waals surface area contributed by atoms with Crippen molar-refractivity contribution >= 4 is 6.29 Å². The van der Waals surface area contributed by atoms with Crippen molar-refractivity contribution in [1.29, 1.82) is 0 Å². The Kier molecular flexibility index (Phi) is 19.5. The predicted octanol–water partition coefficient (Wildman–Crippen LogP) is 2.03. The number of hydrogen-bond donors (Lipinski definition) is 0. The fourth-order valence-corrected chi connectivity index (χ4v) is 0.510. The number of carbonyl (C=O) groups is 1. The van der Waals surface area contributed by atoms with Crippen LogP contribution in [-0.2, 0) is 9.53 Å². The molecule has 0 aromatic rings. The van der Waals surface area contributed by atoms with E-state index in [2.05, 4.69) is 0 Å². The van der Waals surface area contributed by atoms with Gasteiger partial charge in [-0.1, -0.05) is 13.8 Å². The molecular weight excluding hydrogens is 128 g/mol. The van der Waals surface area contributed by atoms with Gasteiger partial charge in [0.1, 0.15) is 6.29 Å². The van der Waals surface area contributed by atoms with Crippen molar-refractivity contribution in [3.63, 3.8) is 0 Å². The molecule has 2 heteroatoms. The van der Waals surface area contributed by atoms with Crippen LogP contribution in [0.25, 0.3) is 0 Å². The van der Waals surface area contributed by atoms with E-state index in [1.54, 1.807) is 0 Å². The summed E-state index contributed by atoms with van der Waals surface area (Å²) < 4.78 is 4.94. The molecule has 0 spiro atoms. The van der Waals surface area contributed by atoms with Gasteiger partial charge in [0, 0.05) is 13.2 Å². The van der Waals surface area contributed by atoms with E-state index in [4.69, 9.17) is 9.53 Å². The van der Waals surface area contributed by atoms with Crippen LogP contribution >= 0.6 is 0 Å². The van der Waals surface area contributed by atoms with Gasteiger partial charge in [0.05, 0.1) is 0 Å². The highest BCUT2D eigenvalue weighted by Crippen LogP contribution is 1.98. The molecular formula is C8H18O2. The van der Waals surface area contributed by atoms with Gasteiger partial charge < -0.3 is 9.53 Å². The van der Waals surface area contributed by atoms with Crippen LogP contribution in [0.15, 0.2) is 0 Å². The molecule has 0 radical (unpaired) electrons. The number of aldehydes is 1. The van der Waals surface area contributed by atoms with Crippen molar-refractivity contribution in [2.24, 2.45) is 0 Å². The van der Waals surface area contributed by atoms with Gasteiger partial charge in [-0.05, 0) is 19.8 Å². The van der Waals surface area contributed by atoms with Crippen LogP contribution in [0.3, 0.4) is 0 Å². The van der Waals surface area contributed by atoms with Crippen LogP contribution in [0.1, 0.15) is 33.6 Å². The predicted molar refractivity (Wildman–Crippen MR) is 43.1 cm³/mol. The van der Waals surface area contributed by atoms with Crippen LogP contribution in [0, 0.1) is 0 Å². The van der Waals surface area contributed by atoms with E-state index in [-0.39, 0.29) is 0 Å². The molecule has 0 amide bonds. The van der Waals surface area contributed by atoms with E-state index in [1.165, 1.54) is 19.8 Å². The van der Waals surface area contributed by atoms with Crippen molar-refractivity contribution in [2.45, 2.75) is 33.6 Å². The maximum atomic E-state index is 8.81. The van der Waals surface area contributed by atoms with Crippen molar-refractivity contribution in [1.82, 2.24) is 0 Å². The van der Waals surface area contributed by atoms with Crippen molar-refractivity contribution < 1.29 is 9.53 Å². The van der Waals surface area contributed by atoms with Gasteiger partial charge in [-0.25, -0.2) is 0 Å². The molecule has 0 aromatic carbocycles. The van der Waals surface area contributed by atoms with E-state index in [1.807, 2.05) is 13.8 Å². The third-order valence-electron chi connectivity index (χ3n) is 0.827. The molecule has 1 rings (SSSR count). The van der Waals surface area contributed by atoms with Crippen LogP contribution in [0.5, 0.6) is 0 Å². The van der Waals surface area contributed by atoms with E-state index in [0.717, 1.165) is 19.5 Å². The minimum absolute atomic E-state index is 0.750. The van der Waals surface area contributed by atoms with Crippen molar-refractivity contribution in [3.8, 4) is 0 Å². The van der Waals surface area contributed by atoms with Gasteiger partial charge in [-0.15, -0.1) is 0 Å². The maximum Gasteiger partial charge on any atom is 0.116 e. The Morgan fingerprint density at radius 1 is 1.20 bits per heavy atom. The quantitative estimate of drug-likeness (QED) is 0.489. The van der Waals surface area contributed by atoms with Crippen molar-refractivity contribution in [2.75, 3.05) is 13.2 Å². The summed E-state index contributed by atoms with van der Waals surface area (Å²) in [7, 11) is 0. The molecule has 1 aliphatic heterocycles. The van der Waals surface area contributed by atoms with Gasteiger partial charge in [0.15, 0.2) is 0 Å². The SMILES string of the molecule is C1CCOC1.CC.CC=O. The lowest BCUT2D eigenvalue weighted by Gasteiger charge is -1.76. The fraction of sp³-hybridized carbons (Fsp3) is 0.875. The summed E-state index contributed by atoms with van der Waals surface area (Å²) in [5, 5.41) is 0. The lowest BCUT2D eigenvalue weighted by atomic mass is 10.4. The first-order chi connectivity index (χ1) is 4.91. The Bertz CT molecular complexity index is 41.6. The lowest BCUT2D eigenvalue weighted by molar-refractivity contribution is -0.106. The molecule has 2 nitrogen and oxygen atoms in total. The van der Waals surface area contributed by atoms with Crippen LogP contribution < -0.4 is 0 Å². The summed E-state index contributed by atoms with van der Waals surface area (Å²) in [6, 6.07) is 0. The van der Waals surface area contributed by atoms with Crippen LogP contribution in [-0.4, -0.2) is 19.5 Å². The highest BCUT2D eigenvalue weighted by molar-refractivity contribution is 5.44. The largest absolute Gasteiger partial charge is 0.381 e. The van der Waals surface area contributed by atoms with Gasteiger partial charge in [0.2, 0.25) is 0 Å². The average Bonchev–Trinajstić information content (AvgIpc) is 2.48. The minimum atomic E-state index is 0.750. The molecule has 1 fully saturated rings. The summed E-state index contributed by atoms with van der Waals surface area (Å²) in [5.74, 6) is 0. The molecule has 0 N–H and O–H groups in total. The first-order valence-corrected chi connectivity index (χ1v) is 3.89. The fourth-order valence-electron chi connectivity index (χ4n) is 0.510. The number of ether oxygens (including phenoxy) is 1. The topological polar surface area (TPSA) is 26.3 Å². The first kappa shape index (κ1) is 12.3. The Morgan fingerprint density at radius 3 is 1.60 bits per heavy atom. The number of carbonyl (C=O) groups excluding carboxylic acids is 1. The highest BCUT2D eigenvalue weighted by atomic mass is 16.5. The van der Waals surface area contributed by atoms with Gasteiger partial charge in [-0.2, -0.15) is 0 Å². The summed E-state index contributed by atoms with van der Waals surface area (Å²) in [6.07, 6.45) is 3.31. The summed E-state index contributed by atoms with van der Waals surface area (Å²) in [5.41, 5.74) is 0. The molecule has 1 saturated heterocycles. The van der Waals surface area contributed by atoms with Crippen LogP contribution in [0.4, 0.5) is 0 Å². The van der Waals surface area contributed by atoms with Gasteiger partial charge >= 0.3 is 0 Å². The van der Waals surface area contributed by atoms with Crippen LogP contribution in [0.2, 0.25) is 0 Å². The lowest BCUT2D eigenvalue weighted by Crippen LogP contribution is -1.74.